The highest BCUT2D eigenvalue weighted by Crippen LogP contribution is 2.18. The topological polar surface area (TPSA) is 42.4 Å². The van der Waals surface area contributed by atoms with Gasteiger partial charge in [-0.25, -0.2) is 13.8 Å². The Morgan fingerprint density at radius 2 is 2.27 bits per heavy atom. The Morgan fingerprint density at radius 3 is 2.87 bits per heavy atom. The van der Waals surface area contributed by atoms with E-state index < -0.39 is 11.6 Å². The standard InChI is InChI=1S/C9H8F2N2O2/c10-6-1-8(11)9(12-2-6)15-7-3-13(4-7)5-14/h1-2,5,7H,3-4H2. The highest BCUT2D eigenvalue weighted by Gasteiger charge is 2.28. The van der Waals surface area contributed by atoms with Gasteiger partial charge in [0.05, 0.1) is 19.3 Å². The second-order valence-corrected chi connectivity index (χ2v) is 3.24. The van der Waals surface area contributed by atoms with Crippen LogP contribution in [0.1, 0.15) is 0 Å². The van der Waals surface area contributed by atoms with E-state index in [1.54, 1.807) is 0 Å². The van der Waals surface area contributed by atoms with E-state index in [4.69, 9.17) is 4.74 Å². The van der Waals surface area contributed by atoms with Gasteiger partial charge in [-0.05, 0) is 0 Å². The summed E-state index contributed by atoms with van der Waals surface area (Å²) in [5, 5.41) is 0. The summed E-state index contributed by atoms with van der Waals surface area (Å²) in [6.45, 7) is 0.810. The molecule has 15 heavy (non-hydrogen) atoms. The monoisotopic (exact) mass is 214 g/mol. The van der Waals surface area contributed by atoms with E-state index in [0.29, 0.717) is 25.6 Å². The Kier molecular flexibility index (Phi) is 2.49. The van der Waals surface area contributed by atoms with E-state index in [2.05, 4.69) is 4.98 Å². The van der Waals surface area contributed by atoms with E-state index >= 15 is 0 Å². The molecule has 1 amide bonds. The molecule has 0 radical (unpaired) electrons. The van der Waals surface area contributed by atoms with Crippen LogP contribution in [0, 0.1) is 11.6 Å². The van der Waals surface area contributed by atoms with Gasteiger partial charge in [-0.1, -0.05) is 0 Å². The summed E-state index contributed by atoms with van der Waals surface area (Å²) in [5.74, 6) is -1.81. The Labute approximate surface area is 84.5 Å². The van der Waals surface area contributed by atoms with E-state index in [-0.39, 0.29) is 12.0 Å². The van der Waals surface area contributed by atoms with Gasteiger partial charge in [-0.15, -0.1) is 0 Å². The van der Waals surface area contributed by atoms with E-state index in [0.717, 1.165) is 6.20 Å². The molecular weight excluding hydrogens is 206 g/mol. The molecule has 0 atom stereocenters. The summed E-state index contributed by atoms with van der Waals surface area (Å²) in [6.07, 6.45) is 1.31. The smallest absolute Gasteiger partial charge is 0.250 e. The Bertz CT molecular complexity index is 380. The van der Waals surface area contributed by atoms with Gasteiger partial charge < -0.3 is 9.64 Å². The minimum Gasteiger partial charge on any atom is -0.468 e. The normalized spacial score (nSPS) is 16.0. The van der Waals surface area contributed by atoms with Crippen molar-refractivity contribution in [1.29, 1.82) is 0 Å². The number of hydrogen-bond acceptors (Lipinski definition) is 3. The quantitative estimate of drug-likeness (QED) is 0.691. The number of nitrogens with zero attached hydrogens (tertiary/aromatic N) is 2. The molecule has 0 unspecified atom stereocenters. The van der Waals surface area contributed by atoms with Crippen LogP contribution in [0.3, 0.4) is 0 Å². The van der Waals surface area contributed by atoms with Gasteiger partial charge in [0.2, 0.25) is 6.41 Å². The van der Waals surface area contributed by atoms with Gasteiger partial charge >= 0.3 is 0 Å². The number of ether oxygens (including phenoxy) is 1. The van der Waals surface area contributed by atoms with E-state index in [1.165, 1.54) is 4.90 Å². The summed E-state index contributed by atoms with van der Waals surface area (Å²) in [6, 6.07) is 0.707. The van der Waals surface area contributed by atoms with Gasteiger partial charge in [0, 0.05) is 6.07 Å². The zero-order chi connectivity index (χ0) is 10.8. The van der Waals surface area contributed by atoms with Crippen molar-refractivity contribution in [3.05, 3.63) is 23.9 Å². The fourth-order valence-corrected chi connectivity index (χ4v) is 1.28. The van der Waals surface area contributed by atoms with Crippen LogP contribution in [-0.4, -0.2) is 35.5 Å². The molecule has 1 aromatic heterocycles. The Hall–Kier alpha value is -1.72. The molecule has 0 aromatic carbocycles. The Balaban J connectivity index is 1.97. The molecule has 1 aliphatic rings. The number of carbonyl (C=O) groups excluding carboxylic acids is 1. The molecule has 0 N–H and O–H groups in total. The van der Waals surface area contributed by atoms with E-state index in [1.807, 2.05) is 0 Å². The predicted molar refractivity (Wildman–Crippen MR) is 46.2 cm³/mol. The van der Waals surface area contributed by atoms with Crippen LogP contribution in [-0.2, 0) is 4.79 Å². The maximum absolute atomic E-state index is 13.0. The molecule has 1 aromatic rings. The predicted octanol–water partition coefficient (Wildman–Crippen LogP) is 0.579. The van der Waals surface area contributed by atoms with Crippen molar-refractivity contribution in [2.75, 3.05) is 13.1 Å². The lowest BCUT2D eigenvalue weighted by atomic mass is 10.2. The molecule has 6 heteroatoms. The van der Waals surface area contributed by atoms with Gasteiger partial charge in [0.15, 0.2) is 5.82 Å². The van der Waals surface area contributed by atoms with Crippen LogP contribution < -0.4 is 4.74 Å². The number of likely N-dealkylation sites (tertiary alicyclic amines) is 1. The molecule has 0 bridgehead atoms. The first kappa shape index (κ1) is 9.82. The molecule has 2 rings (SSSR count). The van der Waals surface area contributed by atoms with Crippen molar-refractivity contribution in [2.45, 2.75) is 6.10 Å². The molecule has 0 aliphatic carbocycles. The molecule has 2 heterocycles. The molecular formula is C9H8F2N2O2. The average molecular weight is 214 g/mol. The molecule has 4 nitrogen and oxygen atoms in total. The highest BCUT2D eigenvalue weighted by atomic mass is 19.1. The molecule has 0 saturated carbocycles. The van der Waals surface area contributed by atoms with Crippen LogP contribution in [0.2, 0.25) is 0 Å². The maximum Gasteiger partial charge on any atom is 0.250 e. The van der Waals surface area contributed by atoms with Gasteiger partial charge in [0.1, 0.15) is 11.9 Å². The fraction of sp³-hybridized carbons (Fsp3) is 0.333. The summed E-state index contributed by atoms with van der Waals surface area (Å²) in [4.78, 5) is 15.2. The zero-order valence-electron chi connectivity index (χ0n) is 7.69. The average Bonchev–Trinajstić information content (AvgIpc) is 2.13. The summed E-state index contributed by atoms with van der Waals surface area (Å²) < 4.78 is 30.6. The lowest BCUT2D eigenvalue weighted by Crippen LogP contribution is -2.53. The third-order valence-corrected chi connectivity index (χ3v) is 2.08. The van der Waals surface area contributed by atoms with Crippen molar-refractivity contribution in [3.63, 3.8) is 0 Å². The molecule has 1 aliphatic heterocycles. The third-order valence-electron chi connectivity index (χ3n) is 2.08. The fourth-order valence-electron chi connectivity index (χ4n) is 1.28. The van der Waals surface area contributed by atoms with Crippen LogP contribution in [0.15, 0.2) is 12.3 Å². The summed E-state index contributed by atoms with van der Waals surface area (Å²) >= 11 is 0. The second-order valence-electron chi connectivity index (χ2n) is 3.24. The minimum atomic E-state index is -0.834. The van der Waals surface area contributed by atoms with Crippen molar-refractivity contribution in [3.8, 4) is 5.88 Å². The summed E-state index contributed by atoms with van der Waals surface area (Å²) in [5.41, 5.74) is 0. The number of amides is 1. The largest absolute Gasteiger partial charge is 0.468 e. The number of pyridine rings is 1. The third kappa shape index (κ3) is 2.03. The molecule has 80 valence electrons. The molecule has 0 spiro atoms. The molecule has 1 saturated heterocycles. The number of rotatable bonds is 3. The van der Waals surface area contributed by atoms with Crippen molar-refractivity contribution < 1.29 is 18.3 Å². The lowest BCUT2D eigenvalue weighted by Gasteiger charge is -2.35. The van der Waals surface area contributed by atoms with Gasteiger partial charge in [-0.2, -0.15) is 0 Å². The number of halogens is 2. The zero-order valence-corrected chi connectivity index (χ0v) is 7.69. The SMILES string of the molecule is O=CN1CC(Oc2ncc(F)cc2F)C1. The first-order chi connectivity index (χ1) is 7.19. The van der Waals surface area contributed by atoms with Crippen LogP contribution in [0.4, 0.5) is 8.78 Å². The number of carbonyl (C=O) groups is 1. The number of hydrogen-bond donors (Lipinski definition) is 0. The van der Waals surface area contributed by atoms with Gasteiger partial charge in [-0.3, -0.25) is 4.79 Å². The summed E-state index contributed by atoms with van der Waals surface area (Å²) in [7, 11) is 0. The first-order valence-corrected chi connectivity index (χ1v) is 4.36. The van der Waals surface area contributed by atoms with Crippen molar-refractivity contribution >= 4 is 6.41 Å². The Morgan fingerprint density at radius 1 is 1.53 bits per heavy atom. The van der Waals surface area contributed by atoms with Crippen LogP contribution >= 0.6 is 0 Å². The maximum atomic E-state index is 13.0. The minimum absolute atomic E-state index is 0.230. The van der Waals surface area contributed by atoms with Crippen LogP contribution in [0.5, 0.6) is 5.88 Å². The first-order valence-electron chi connectivity index (χ1n) is 4.36. The van der Waals surface area contributed by atoms with Crippen LogP contribution in [0.25, 0.3) is 0 Å². The lowest BCUT2D eigenvalue weighted by molar-refractivity contribution is -0.126. The van der Waals surface area contributed by atoms with Crippen molar-refractivity contribution in [2.24, 2.45) is 0 Å². The molecule has 1 fully saturated rings. The van der Waals surface area contributed by atoms with E-state index in [9.17, 15) is 13.6 Å². The highest BCUT2D eigenvalue weighted by molar-refractivity contribution is 5.48. The number of aromatic nitrogens is 1. The van der Waals surface area contributed by atoms with Crippen molar-refractivity contribution in [1.82, 2.24) is 9.88 Å². The van der Waals surface area contributed by atoms with Gasteiger partial charge in [0.25, 0.3) is 5.88 Å². The second kappa shape index (κ2) is 3.80.